The van der Waals surface area contributed by atoms with Gasteiger partial charge >= 0.3 is 0 Å². The number of nitrogens with zero attached hydrogens (tertiary/aromatic N) is 2. The number of benzene rings is 2. The molecule has 0 aliphatic carbocycles. The highest BCUT2D eigenvalue weighted by Gasteiger charge is 2.22. The number of methoxy groups -OCH3 is 3. The van der Waals surface area contributed by atoms with Crippen LogP contribution >= 0.6 is 0 Å². The number of piperidine rings is 1. The van der Waals surface area contributed by atoms with Crippen LogP contribution in [0.5, 0.6) is 17.2 Å². The summed E-state index contributed by atoms with van der Waals surface area (Å²) in [6, 6.07) is 11.0. The molecule has 9 nitrogen and oxygen atoms in total. The summed E-state index contributed by atoms with van der Waals surface area (Å²) in [7, 11) is 4.61. The Balaban J connectivity index is 1.34. The third-order valence-electron chi connectivity index (χ3n) is 6.15. The van der Waals surface area contributed by atoms with E-state index in [1.54, 1.807) is 12.1 Å². The Kier molecular flexibility index (Phi) is 8.10. The van der Waals surface area contributed by atoms with Gasteiger partial charge in [0.15, 0.2) is 17.2 Å². The molecular weight excluding hydrogens is 462 g/mol. The predicted molar refractivity (Wildman–Crippen MR) is 133 cm³/mol. The molecule has 9 heteroatoms. The predicted octanol–water partition coefficient (Wildman–Crippen LogP) is 3.85. The summed E-state index contributed by atoms with van der Waals surface area (Å²) < 4.78 is 21.6. The van der Waals surface area contributed by atoms with Crippen LogP contribution in [0.1, 0.15) is 40.9 Å². The first-order chi connectivity index (χ1) is 17.5. The monoisotopic (exact) mass is 493 g/mol. The highest BCUT2D eigenvalue weighted by atomic mass is 16.5. The number of hydrogen-bond donors (Lipinski definition) is 1. The Morgan fingerprint density at radius 2 is 1.61 bits per heavy atom. The normalized spacial score (nSPS) is 13.2. The molecule has 0 unspecified atom stereocenters. The van der Waals surface area contributed by atoms with Crippen LogP contribution in [-0.4, -0.2) is 56.1 Å². The molecule has 0 radical (unpaired) electrons. The molecule has 2 amide bonds. The molecule has 0 atom stereocenters. The average molecular weight is 494 g/mol. The summed E-state index contributed by atoms with van der Waals surface area (Å²) in [6.07, 6.45) is 4.79. The van der Waals surface area contributed by atoms with E-state index < -0.39 is 0 Å². The van der Waals surface area contributed by atoms with Gasteiger partial charge in [0.2, 0.25) is 17.5 Å². The third-order valence-corrected chi connectivity index (χ3v) is 6.15. The van der Waals surface area contributed by atoms with Gasteiger partial charge in [-0.3, -0.25) is 9.59 Å². The molecule has 36 heavy (non-hydrogen) atoms. The number of aromatic nitrogens is 1. The van der Waals surface area contributed by atoms with E-state index in [1.807, 2.05) is 29.2 Å². The smallest absolute Gasteiger partial charge is 0.275 e. The van der Waals surface area contributed by atoms with Crippen molar-refractivity contribution in [1.82, 2.24) is 15.2 Å². The first kappa shape index (κ1) is 25.1. The van der Waals surface area contributed by atoms with Gasteiger partial charge in [0.1, 0.15) is 6.26 Å². The maximum atomic E-state index is 12.6. The van der Waals surface area contributed by atoms with Gasteiger partial charge < -0.3 is 28.8 Å². The summed E-state index contributed by atoms with van der Waals surface area (Å²) in [5, 5.41) is 2.92. The number of nitrogens with one attached hydrogen (secondary N) is 1. The van der Waals surface area contributed by atoms with Crippen LogP contribution in [0.2, 0.25) is 0 Å². The fourth-order valence-electron chi connectivity index (χ4n) is 4.21. The number of rotatable bonds is 9. The summed E-state index contributed by atoms with van der Waals surface area (Å²) in [4.78, 5) is 31.4. The number of ether oxygens (including phenoxy) is 3. The highest BCUT2D eigenvalue weighted by Crippen LogP contribution is 2.38. The molecule has 1 N–H and O–H groups in total. The van der Waals surface area contributed by atoms with Crippen molar-refractivity contribution in [3.8, 4) is 28.7 Å². The zero-order valence-electron chi connectivity index (χ0n) is 20.8. The van der Waals surface area contributed by atoms with Gasteiger partial charge in [-0.1, -0.05) is 12.1 Å². The maximum absolute atomic E-state index is 12.6. The second-order valence-corrected chi connectivity index (χ2v) is 8.57. The van der Waals surface area contributed by atoms with Crippen LogP contribution in [0.25, 0.3) is 11.5 Å². The van der Waals surface area contributed by atoms with Crippen LogP contribution in [-0.2, 0) is 17.8 Å². The quantitative estimate of drug-likeness (QED) is 0.483. The second kappa shape index (κ2) is 11.6. The lowest BCUT2D eigenvalue weighted by Gasteiger charge is -2.25. The van der Waals surface area contributed by atoms with Crippen LogP contribution in [0.15, 0.2) is 47.1 Å². The molecule has 0 saturated carbocycles. The van der Waals surface area contributed by atoms with Crippen molar-refractivity contribution in [1.29, 1.82) is 0 Å². The summed E-state index contributed by atoms with van der Waals surface area (Å²) in [5.41, 5.74) is 2.76. The maximum Gasteiger partial charge on any atom is 0.275 e. The second-order valence-electron chi connectivity index (χ2n) is 8.57. The minimum absolute atomic E-state index is 0.0869. The fraction of sp³-hybridized carbons (Fsp3) is 0.370. The van der Waals surface area contributed by atoms with Crippen molar-refractivity contribution in [3.63, 3.8) is 0 Å². The summed E-state index contributed by atoms with van der Waals surface area (Å²) in [6.45, 7) is 1.90. The van der Waals surface area contributed by atoms with Crippen molar-refractivity contribution in [2.75, 3.05) is 34.4 Å². The van der Waals surface area contributed by atoms with E-state index in [-0.39, 0.29) is 18.2 Å². The first-order valence-electron chi connectivity index (χ1n) is 11.9. The number of carbonyl (C=O) groups excluding carboxylic acids is 2. The van der Waals surface area contributed by atoms with Crippen molar-refractivity contribution in [2.45, 2.75) is 32.2 Å². The van der Waals surface area contributed by atoms with Gasteiger partial charge in [0, 0.05) is 25.2 Å². The largest absolute Gasteiger partial charge is 0.493 e. The summed E-state index contributed by atoms with van der Waals surface area (Å²) in [5.74, 6) is 1.66. The number of oxazole rings is 1. The van der Waals surface area contributed by atoms with Crippen LogP contribution in [0.3, 0.4) is 0 Å². The van der Waals surface area contributed by atoms with E-state index in [0.29, 0.717) is 35.4 Å². The van der Waals surface area contributed by atoms with Gasteiger partial charge in [0.05, 0.1) is 27.8 Å². The zero-order valence-corrected chi connectivity index (χ0v) is 20.8. The van der Waals surface area contributed by atoms with E-state index in [4.69, 9.17) is 18.6 Å². The number of amides is 2. The Morgan fingerprint density at radius 1 is 0.944 bits per heavy atom. The molecule has 2 aromatic carbocycles. The van der Waals surface area contributed by atoms with Gasteiger partial charge in [-0.15, -0.1) is 0 Å². The molecule has 2 heterocycles. The lowest BCUT2D eigenvalue weighted by molar-refractivity contribution is -0.120. The molecular formula is C27H31N3O6. The molecule has 1 aromatic heterocycles. The molecule has 1 fully saturated rings. The lowest BCUT2D eigenvalue weighted by atomic mass is 10.1. The average Bonchev–Trinajstić information content (AvgIpc) is 3.42. The van der Waals surface area contributed by atoms with Gasteiger partial charge in [0.25, 0.3) is 5.91 Å². The third kappa shape index (κ3) is 5.79. The van der Waals surface area contributed by atoms with E-state index in [9.17, 15) is 9.59 Å². The molecule has 3 aromatic rings. The van der Waals surface area contributed by atoms with Gasteiger partial charge in [-0.25, -0.2) is 4.98 Å². The highest BCUT2D eigenvalue weighted by molar-refractivity contribution is 5.92. The van der Waals surface area contributed by atoms with Crippen LogP contribution in [0, 0.1) is 0 Å². The Bertz CT molecular complexity index is 1170. The van der Waals surface area contributed by atoms with Crippen molar-refractivity contribution in [3.05, 3.63) is 59.5 Å². The molecule has 4 rings (SSSR count). The molecule has 0 spiro atoms. The number of hydrogen-bond acceptors (Lipinski definition) is 7. The zero-order chi connectivity index (χ0) is 25.5. The number of likely N-dealkylation sites (tertiary alicyclic amines) is 1. The van der Waals surface area contributed by atoms with Crippen molar-refractivity contribution in [2.24, 2.45) is 0 Å². The molecule has 190 valence electrons. The molecule has 1 aliphatic heterocycles. The standard InChI is InChI=1S/C27H31N3O6/c1-33-22-13-19(14-23(34-2)25(22)35-3)15-24(31)28-16-18-7-9-20(10-8-18)26-29-21(17-36-26)27(32)30-11-5-4-6-12-30/h7-10,13-14,17H,4-6,11-12,15-16H2,1-3H3,(H,28,31). The van der Waals surface area contributed by atoms with E-state index in [2.05, 4.69) is 10.3 Å². The Morgan fingerprint density at radius 3 is 2.22 bits per heavy atom. The minimum Gasteiger partial charge on any atom is -0.493 e. The Hall–Kier alpha value is -4.01. The topological polar surface area (TPSA) is 103 Å². The fourth-order valence-corrected chi connectivity index (χ4v) is 4.21. The van der Waals surface area contributed by atoms with Gasteiger partial charge in [-0.2, -0.15) is 0 Å². The van der Waals surface area contributed by atoms with E-state index in [1.165, 1.54) is 27.6 Å². The Labute approximate surface area is 210 Å². The molecule has 0 bridgehead atoms. The van der Waals surface area contributed by atoms with Gasteiger partial charge in [-0.05, 0) is 54.7 Å². The van der Waals surface area contributed by atoms with E-state index in [0.717, 1.165) is 49.0 Å². The molecule has 1 saturated heterocycles. The first-order valence-corrected chi connectivity index (χ1v) is 11.9. The van der Waals surface area contributed by atoms with Crippen LogP contribution < -0.4 is 19.5 Å². The molecule has 1 aliphatic rings. The van der Waals surface area contributed by atoms with Crippen LogP contribution in [0.4, 0.5) is 0 Å². The van der Waals surface area contributed by atoms with Crippen molar-refractivity contribution < 1.29 is 28.2 Å². The number of carbonyl (C=O) groups is 2. The van der Waals surface area contributed by atoms with E-state index >= 15 is 0 Å². The van der Waals surface area contributed by atoms with Crippen molar-refractivity contribution >= 4 is 11.8 Å². The minimum atomic E-state index is -0.137. The summed E-state index contributed by atoms with van der Waals surface area (Å²) >= 11 is 0. The lowest BCUT2D eigenvalue weighted by Crippen LogP contribution is -2.35. The SMILES string of the molecule is COc1cc(CC(=O)NCc2ccc(-c3nc(C(=O)N4CCCCC4)co3)cc2)cc(OC)c1OC.